The predicted octanol–water partition coefficient (Wildman–Crippen LogP) is 4.82. The Morgan fingerprint density at radius 1 is 0.955 bits per heavy atom. The molecule has 0 bridgehead atoms. The number of aryl methyl sites for hydroxylation is 2. The highest BCUT2D eigenvalue weighted by Crippen LogP contribution is 2.26. The number of rotatable bonds is 3. The lowest BCUT2D eigenvalue weighted by Crippen LogP contribution is -2.02. The van der Waals surface area contributed by atoms with Crippen molar-refractivity contribution < 1.29 is 9.90 Å². The molecule has 3 rings (SSSR count). The Morgan fingerprint density at radius 3 is 2.27 bits per heavy atom. The summed E-state index contributed by atoms with van der Waals surface area (Å²) in [7, 11) is 0. The lowest BCUT2D eigenvalue weighted by molar-refractivity contribution is 0.0697. The fourth-order valence-electron chi connectivity index (χ4n) is 3.03. The van der Waals surface area contributed by atoms with Gasteiger partial charge >= 0.3 is 5.97 Å². The Bertz CT molecular complexity index is 724. The van der Waals surface area contributed by atoms with Gasteiger partial charge in [-0.15, -0.1) is 0 Å². The molecule has 0 heterocycles. The van der Waals surface area contributed by atoms with Gasteiger partial charge in [0.15, 0.2) is 0 Å². The van der Waals surface area contributed by atoms with Crippen LogP contribution in [0.3, 0.4) is 0 Å². The largest absolute Gasteiger partial charge is 0.478 e. The van der Waals surface area contributed by atoms with E-state index in [1.807, 2.05) is 12.1 Å². The standard InChI is InChI=1S/C20H20O2/c1-14(12-15-6-8-17(9-7-15)20(21)22)18-11-10-16-4-2-3-5-19(16)13-18/h6-13H,2-5H2,1H3,(H,21,22). The first-order valence-corrected chi connectivity index (χ1v) is 7.77. The summed E-state index contributed by atoms with van der Waals surface area (Å²) < 4.78 is 0. The molecule has 1 aliphatic carbocycles. The maximum Gasteiger partial charge on any atom is 0.335 e. The van der Waals surface area contributed by atoms with Crippen LogP contribution in [0, 0.1) is 0 Å². The number of carboxylic acid groups (broad SMARTS) is 1. The van der Waals surface area contributed by atoms with Crippen molar-refractivity contribution in [2.45, 2.75) is 32.6 Å². The third-order valence-electron chi connectivity index (χ3n) is 4.34. The molecule has 1 aliphatic rings. The molecule has 0 aliphatic heterocycles. The van der Waals surface area contributed by atoms with Gasteiger partial charge in [-0.2, -0.15) is 0 Å². The number of aromatic carboxylic acids is 1. The van der Waals surface area contributed by atoms with Crippen molar-refractivity contribution in [1.82, 2.24) is 0 Å². The maximum atomic E-state index is 10.9. The fourth-order valence-corrected chi connectivity index (χ4v) is 3.03. The first-order chi connectivity index (χ1) is 10.6. The van der Waals surface area contributed by atoms with Crippen LogP contribution >= 0.6 is 0 Å². The van der Waals surface area contributed by atoms with Gasteiger partial charge in [-0.25, -0.2) is 4.79 Å². The number of fused-ring (bicyclic) bond motifs is 1. The summed E-state index contributed by atoms with van der Waals surface area (Å²) in [6.45, 7) is 2.11. The lowest BCUT2D eigenvalue weighted by Gasteiger charge is -2.16. The summed E-state index contributed by atoms with van der Waals surface area (Å²) in [6.07, 6.45) is 7.09. The highest BCUT2D eigenvalue weighted by atomic mass is 16.4. The van der Waals surface area contributed by atoms with E-state index in [4.69, 9.17) is 5.11 Å². The summed E-state index contributed by atoms with van der Waals surface area (Å²) in [4.78, 5) is 10.9. The van der Waals surface area contributed by atoms with Crippen molar-refractivity contribution in [2.75, 3.05) is 0 Å². The average molecular weight is 292 g/mol. The van der Waals surface area contributed by atoms with Gasteiger partial charge in [-0.1, -0.05) is 36.4 Å². The number of hydrogen-bond donors (Lipinski definition) is 1. The highest BCUT2D eigenvalue weighted by Gasteiger charge is 2.10. The quantitative estimate of drug-likeness (QED) is 0.823. The molecular weight excluding hydrogens is 272 g/mol. The number of carbonyl (C=O) groups is 1. The van der Waals surface area contributed by atoms with E-state index in [1.165, 1.54) is 47.9 Å². The zero-order valence-electron chi connectivity index (χ0n) is 12.8. The van der Waals surface area contributed by atoms with Gasteiger partial charge in [-0.05, 0) is 72.6 Å². The lowest BCUT2D eigenvalue weighted by atomic mass is 9.89. The molecule has 2 aromatic rings. The number of hydrogen-bond acceptors (Lipinski definition) is 1. The molecule has 1 N–H and O–H groups in total. The zero-order chi connectivity index (χ0) is 15.5. The van der Waals surface area contributed by atoms with Gasteiger partial charge < -0.3 is 5.11 Å². The van der Waals surface area contributed by atoms with E-state index in [9.17, 15) is 4.79 Å². The van der Waals surface area contributed by atoms with Crippen LogP contribution in [-0.4, -0.2) is 11.1 Å². The van der Waals surface area contributed by atoms with Gasteiger partial charge in [-0.3, -0.25) is 0 Å². The van der Waals surface area contributed by atoms with E-state index < -0.39 is 5.97 Å². The van der Waals surface area contributed by atoms with Crippen molar-refractivity contribution >= 4 is 17.6 Å². The van der Waals surface area contributed by atoms with Crippen molar-refractivity contribution in [1.29, 1.82) is 0 Å². The van der Waals surface area contributed by atoms with Gasteiger partial charge in [0.05, 0.1) is 5.56 Å². The molecule has 0 amide bonds. The predicted molar refractivity (Wildman–Crippen MR) is 90.0 cm³/mol. The molecular formula is C20H20O2. The van der Waals surface area contributed by atoms with E-state index in [1.54, 1.807) is 12.1 Å². The molecule has 0 fully saturated rings. The monoisotopic (exact) mass is 292 g/mol. The Morgan fingerprint density at radius 2 is 1.59 bits per heavy atom. The van der Waals surface area contributed by atoms with Crippen molar-refractivity contribution in [3.8, 4) is 0 Å². The first kappa shape index (κ1) is 14.6. The molecule has 0 saturated heterocycles. The summed E-state index contributed by atoms with van der Waals surface area (Å²) in [6, 6.07) is 13.8. The fraction of sp³-hybridized carbons (Fsp3) is 0.250. The zero-order valence-corrected chi connectivity index (χ0v) is 12.8. The van der Waals surface area contributed by atoms with Crippen molar-refractivity contribution in [3.05, 3.63) is 70.3 Å². The Labute approximate surface area is 131 Å². The van der Waals surface area contributed by atoms with E-state index in [-0.39, 0.29) is 0 Å². The topological polar surface area (TPSA) is 37.3 Å². The smallest absolute Gasteiger partial charge is 0.335 e. The SMILES string of the molecule is CC(=Cc1ccc(C(=O)O)cc1)c1ccc2c(c1)CCCC2. The minimum Gasteiger partial charge on any atom is -0.478 e. The molecule has 2 nitrogen and oxygen atoms in total. The molecule has 0 unspecified atom stereocenters. The Hall–Kier alpha value is -2.35. The van der Waals surface area contributed by atoms with E-state index in [2.05, 4.69) is 31.2 Å². The van der Waals surface area contributed by atoms with Crippen LogP contribution in [0.4, 0.5) is 0 Å². The summed E-state index contributed by atoms with van der Waals surface area (Å²) in [5.74, 6) is -0.887. The molecule has 0 spiro atoms. The second kappa shape index (κ2) is 6.18. The third kappa shape index (κ3) is 3.11. The van der Waals surface area contributed by atoms with Crippen LogP contribution in [0.15, 0.2) is 42.5 Å². The normalized spacial score (nSPS) is 14.5. The second-order valence-corrected chi connectivity index (χ2v) is 5.95. The van der Waals surface area contributed by atoms with Crippen LogP contribution in [0.1, 0.15) is 52.4 Å². The molecule has 0 atom stereocenters. The van der Waals surface area contributed by atoms with E-state index in [0.717, 1.165) is 5.56 Å². The van der Waals surface area contributed by atoms with E-state index in [0.29, 0.717) is 5.56 Å². The summed E-state index contributed by atoms with van der Waals surface area (Å²) in [5.41, 5.74) is 6.79. The summed E-state index contributed by atoms with van der Waals surface area (Å²) >= 11 is 0. The minimum absolute atomic E-state index is 0.323. The van der Waals surface area contributed by atoms with Crippen molar-refractivity contribution in [3.63, 3.8) is 0 Å². The van der Waals surface area contributed by atoms with Gasteiger partial charge in [0, 0.05) is 0 Å². The molecule has 2 heteroatoms. The van der Waals surface area contributed by atoms with Crippen LogP contribution in [0.2, 0.25) is 0 Å². The summed E-state index contributed by atoms with van der Waals surface area (Å²) in [5, 5.41) is 8.93. The molecule has 2 aromatic carbocycles. The molecule has 0 aromatic heterocycles. The van der Waals surface area contributed by atoms with Crippen LogP contribution in [0.25, 0.3) is 11.6 Å². The number of carboxylic acids is 1. The van der Waals surface area contributed by atoms with Gasteiger partial charge in [0.25, 0.3) is 0 Å². The maximum absolute atomic E-state index is 10.9. The van der Waals surface area contributed by atoms with Crippen LogP contribution < -0.4 is 0 Å². The third-order valence-corrected chi connectivity index (χ3v) is 4.34. The molecule has 22 heavy (non-hydrogen) atoms. The molecule has 112 valence electrons. The van der Waals surface area contributed by atoms with Crippen molar-refractivity contribution in [2.24, 2.45) is 0 Å². The average Bonchev–Trinajstić information content (AvgIpc) is 2.55. The van der Waals surface area contributed by atoms with Gasteiger partial charge in [0.1, 0.15) is 0 Å². The second-order valence-electron chi connectivity index (χ2n) is 5.95. The van der Waals surface area contributed by atoms with E-state index >= 15 is 0 Å². The Kier molecular flexibility index (Phi) is 4.10. The number of benzene rings is 2. The minimum atomic E-state index is -0.887. The van der Waals surface area contributed by atoms with Gasteiger partial charge in [0.2, 0.25) is 0 Å². The molecule has 0 radical (unpaired) electrons. The first-order valence-electron chi connectivity index (χ1n) is 7.77. The number of allylic oxidation sites excluding steroid dienone is 1. The Balaban J connectivity index is 1.86. The highest BCUT2D eigenvalue weighted by molar-refractivity contribution is 5.88. The van der Waals surface area contributed by atoms with Crippen LogP contribution in [0.5, 0.6) is 0 Å². The van der Waals surface area contributed by atoms with Crippen LogP contribution in [-0.2, 0) is 12.8 Å². The molecule has 0 saturated carbocycles.